The highest BCUT2D eigenvalue weighted by atomic mass is 19.1. The normalized spacial score (nSPS) is 13.4. The van der Waals surface area contributed by atoms with E-state index in [0.29, 0.717) is 17.9 Å². The summed E-state index contributed by atoms with van der Waals surface area (Å²) in [5.74, 6) is 0.976. The molecule has 2 aromatic carbocycles. The highest BCUT2D eigenvalue weighted by Gasteiger charge is 2.23. The van der Waals surface area contributed by atoms with Gasteiger partial charge in [0.15, 0.2) is 0 Å². The second-order valence-electron chi connectivity index (χ2n) is 5.17. The van der Waals surface area contributed by atoms with E-state index in [1.54, 1.807) is 13.2 Å². The molecule has 0 aliphatic carbocycles. The van der Waals surface area contributed by atoms with Gasteiger partial charge >= 0.3 is 0 Å². The summed E-state index contributed by atoms with van der Waals surface area (Å²) in [6.07, 6.45) is 0.850. The summed E-state index contributed by atoms with van der Waals surface area (Å²) in [4.78, 5) is 1.98. The molecule has 0 amide bonds. The molecule has 0 radical (unpaired) electrons. The molecule has 3 rings (SSSR count). The van der Waals surface area contributed by atoms with Crippen LogP contribution in [0, 0.1) is 11.2 Å². The first kappa shape index (κ1) is 13.6. The number of methoxy groups -OCH3 is 1. The molecule has 0 fully saturated rings. The molecule has 1 aliphatic rings. The van der Waals surface area contributed by atoms with Crippen LogP contribution in [0.25, 0.3) is 0 Å². The summed E-state index contributed by atoms with van der Waals surface area (Å²) in [5, 5.41) is 8.15. The maximum atomic E-state index is 13.3. The Morgan fingerprint density at radius 2 is 1.95 bits per heavy atom. The Morgan fingerprint density at radius 3 is 2.67 bits per heavy atom. The fraction of sp³-hybridized carbons (Fsp3) is 0.235. The number of halogens is 1. The minimum atomic E-state index is -0.282. The number of benzene rings is 2. The van der Waals surface area contributed by atoms with Crippen LogP contribution in [0.5, 0.6) is 5.75 Å². The molecule has 0 atom stereocenters. The van der Waals surface area contributed by atoms with E-state index < -0.39 is 0 Å². The Morgan fingerprint density at radius 1 is 1.19 bits per heavy atom. The fourth-order valence-electron chi connectivity index (χ4n) is 2.61. The lowest BCUT2D eigenvalue weighted by Crippen LogP contribution is -2.26. The molecule has 0 spiro atoms. The average molecular weight is 284 g/mol. The van der Waals surface area contributed by atoms with E-state index in [1.807, 2.05) is 29.2 Å². The molecule has 0 bridgehead atoms. The van der Waals surface area contributed by atoms with Crippen LogP contribution < -0.4 is 4.74 Å². The lowest BCUT2D eigenvalue weighted by atomic mass is 10.1. The maximum absolute atomic E-state index is 13.3. The highest BCUT2D eigenvalue weighted by Crippen LogP contribution is 2.23. The van der Waals surface area contributed by atoms with Gasteiger partial charge in [0.05, 0.1) is 7.11 Å². The van der Waals surface area contributed by atoms with Gasteiger partial charge in [0.25, 0.3) is 0 Å². The zero-order valence-electron chi connectivity index (χ0n) is 11.9. The molecule has 1 heterocycles. The van der Waals surface area contributed by atoms with Gasteiger partial charge in [-0.1, -0.05) is 18.2 Å². The number of nitrogens with zero attached hydrogens (tertiary/aromatic N) is 1. The summed E-state index contributed by atoms with van der Waals surface area (Å²) in [6, 6.07) is 12.6. The lowest BCUT2D eigenvalue weighted by Gasteiger charge is -2.17. The Bertz CT molecular complexity index is 667. The van der Waals surface area contributed by atoms with E-state index in [0.717, 1.165) is 24.3 Å². The summed E-state index contributed by atoms with van der Waals surface area (Å²) in [7, 11) is 1.65. The lowest BCUT2D eigenvalue weighted by molar-refractivity contribution is 0.414. The van der Waals surface area contributed by atoms with Crippen LogP contribution in [0.1, 0.15) is 16.7 Å². The monoisotopic (exact) mass is 284 g/mol. The van der Waals surface area contributed by atoms with Gasteiger partial charge < -0.3 is 9.64 Å². The van der Waals surface area contributed by atoms with Crippen LogP contribution in [-0.2, 0) is 13.0 Å². The van der Waals surface area contributed by atoms with E-state index in [2.05, 4.69) is 0 Å². The number of ether oxygens (including phenoxy) is 1. The van der Waals surface area contributed by atoms with Crippen LogP contribution in [0.4, 0.5) is 4.39 Å². The van der Waals surface area contributed by atoms with Gasteiger partial charge in [0.1, 0.15) is 17.4 Å². The number of rotatable bonds is 4. The zero-order chi connectivity index (χ0) is 14.8. The number of hydrogen-bond acceptors (Lipinski definition) is 2. The Labute approximate surface area is 123 Å². The van der Waals surface area contributed by atoms with Gasteiger partial charge in [-0.25, -0.2) is 4.39 Å². The van der Waals surface area contributed by atoms with E-state index in [4.69, 9.17) is 10.1 Å². The highest BCUT2D eigenvalue weighted by molar-refractivity contribution is 6.00. The molecule has 2 aromatic rings. The third-order valence-electron chi connectivity index (χ3n) is 3.83. The Kier molecular flexibility index (Phi) is 3.60. The van der Waals surface area contributed by atoms with Gasteiger partial charge in [-0.05, 0) is 41.8 Å². The minimum absolute atomic E-state index is 0.282. The third-order valence-corrected chi connectivity index (χ3v) is 3.83. The van der Waals surface area contributed by atoms with Crippen molar-refractivity contribution in [1.29, 1.82) is 5.41 Å². The SMILES string of the molecule is COc1ccc(CCN2Cc3ccc(F)cc3C2=N)cc1. The molecule has 0 aromatic heterocycles. The van der Waals surface area contributed by atoms with E-state index in [9.17, 15) is 4.39 Å². The van der Waals surface area contributed by atoms with Crippen molar-refractivity contribution in [3.63, 3.8) is 0 Å². The fourth-order valence-corrected chi connectivity index (χ4v) is 2.61. The van der Waals surface area contributed by atoms with Crippen molar-refractivity contribution >= 4 is 5.84 Å². The molecule has 21 heavy (non-hydrogen) atoms. The number of nitrogens with one attached hydrogen (secondary N) is 1. The Hall–Kier alpha value is -2.36. The molecular weight excluding hydrogens is 267 g/mol. The molecule has 3 nitrogen and oxygen atoms in total. The first-order chi connectivity index (χ1) is 10.2. The van der Waals surface area contributed by atoms with Gasteiger partial charge in [-0.2, -0.15) is 0 Å². The van der Waals surface area contributed by atoms with Gasteiger partial charge in [-0.15, -0.1) is 0 Å². The quantitative estimate of drug-likeness (QED) is 0.936. The van der Waals surface area contributed by atoms with E-state index in [-0.39, 0.29) is 5.82 Å². The molecule has 0 unspecified atom stereocenters. The van der Waals surface area contributed by atoms with Crippen LogP contribution in [0.15, 0.2) is 42.5 Å². The summed E-state index contributed by atoms with van der Waals surface area (Å²) in [5.41, 5.74) is 2.94. The number of hydrogen-bond donors (Lipinski definition) is 1. The molecule has 1 aliphatic heterocycles. The van der Waals surface area contributed by atoms with Crippen molar-refractivity contribution in [1.82, 2.24) is 4.90 Å². The standard InChI is InChI=1S/C17H17FN2O/c1-21-15-6-2-12(3-7-15)8-9-20-11-13-4-5-14(18)10-16(13)17(20)19/h2-7,10,19H,8-9,11H2,1H3. The van der Waals surface area contributed by atoms with E-state index in [1.165, 1.54) is 17.7 Å². The number of amidine groups is 1. The van der Waals surface area contributed by atoms with Crippen molar-refractivity contribution in [2.24, 2.45) is 0 Å². The van der Waals surface area contributed by atoms with Crippen molar-refractivity contribution in [2.45, 2.75) is 13.0 Å². The van der Waals surface area contributed by atoms with Crippen molar-refractivity contribution < 1.29 is 9.13 Å². The van der Waals surface area contributed by atoms with Crippen molar-refractivity contribution in [3.8, 4) is 5.75 Å². The summed E-state index contributed by atoms with van der Waals surface area (Å²) < 4.78 is 18.4. The average Bonchev–Trinajstić information content (AvgIpc) is 2.82. The predicted molar refractivity (Wildman–Crippen MR) is 80.3 cm³/mol. The van der Waals surface area contributed by atoms with Gasteiger partial charge in [-0.3, -0.25) is 5.41 Å². The molecule has 4 heteroatoms. The van der Waals surface area contributed by atoms with Gasteiger partial charge in [0, 0.05) is 18.7 Å². The molecule has 108 valence electrons. The molecular formula is C17H17FN2O. The predicted octanol–water partition coefficient (Wildman–Crippen LogP) is 3.22. The Balaban J connectivity index is 1.65. The molecule has 0 saturated carbocycles. The first-order valence-corrected chi connectivity index (χ1v) is 6.92. The third kappa shape index (κ3) is 2.75. The van der Waals surface area contributed by atoms with Crippen LogP contribution in [0.2, 0.25) is 0 Å². The topological polar surface area (TPSA) is 36.3 Å². The largest absolute Gasteiger partial charge is 0.497 e. The van der Waals surface area contributed by atoms with Crippen LogP contribution in [0.3, 0.4) is 0 Å². The van der Waals surface area contributed by atoms with Crippen LogP contribution in [-0.4, -0.2) is 24.4 Å². The smallest absolute Gasteiger partial charge is 0.128 e. The van der Waals surface area contributed by atoms with Gasteiger partial charge in [0.2, 0.25) is 0 Å². The maximum Gasteiger partial charge on any atom is 0.128 e. The number of fused-ring (bicyclic) bond motifs is 1. The van der Waals surface area contributed by atoms with Crippen molar-refractivity contribution in [2.75, 3.05) is 13.7 Å². The summed E-state index contributed by atoms with van der Waals surface area (Å²) in [6.45, 7) is 1.44. The van der Waals surface area contributed by atoms with Crippen molar-refractivity contribution in [3.05, 3.63) is 65.0 Å². The minimum Gasteiger partial charge on any atom is -0.497 e. The zero-order valence-corrected chi connectivity index (χ0v) is 11.9. The first-order valence-electron chi connectivity index (χ1n) is 6.92. The molecule has 0 saturated heterocycles. The molecule has 1 N–H and O–H groups in total. The second-order valence-corrected chi connectivity index (χ2v) is 5.17. The second kappa shape index (κ2) is 5.56. The van der Waals surface area contributed by atoms with Crippen LogP contribution >= 0.6 is 0 Å². The van der Waals surface area contributed by atoms with E-state index >= 15 is 0 Å². The summed E-state index contributed by atoms with van der Waals surface area (Å²) >= 11 is 0.